The van der Waals surface area contributed by atoms with E-state index >= 15 is 0 Å². The average molecular weight is 181 g/mol. The molecule has 1 amide bonds. The Labute approximate surface area is 78.2 Å². The smallest absolute Gasteiger partial charge is 0.237 e. The molecule has 1 N–H and O–H groups in total. The third-order valence-electron chi connectivity index (χ3n) is 2.53. The molecule has 13 heavy (non-hydrogen) atoms. The predicted molar refractivity (Wildman–Crippen MR) is 49.9 cm³/mol. The van der Waals surface area contributed by atoms with Gasteiger partial charge in [-0.05, 0) is 20.3 Å². The highest BCUT2D eigenvalue weighted by atomic mass is 16.2. The van der Waals surface area contributed by atoms with Crippen LogP contribution in [0, 0.1) is 5.41 Å². The fraction of sp³-hybridized carbons (Fsp3) is 0.600. The maximum absolute atomic E-state index is 11.7. The van der Waals surface area contributed by atoms with E-state index in [2.05, 4.69) is 5.32 Å². The molecule has 1 unspecified atom stereocenters. The number of rotatable bonds is 2. The number of ketones is 1. The maximum atomic E-state index is 11.7. The first-order valence-corrected chi connectivity index (χ1v) is 4.55. The zero-order chi connectivity index (χ0) is 10.1. The molecule has 1 heterocycles. The van der Waals surface area contributed by atoms with Crippen molar-refractivity contribution in [3.63, 3.8) is 0 Å². The van der Waals surface area contributed by atoms with Crippen LogP contribution in [0.3, 0.4) is 0 Å². The minimum atomic E-state index is -0.840. The van der Waals surface area contributed by atoms with Crippen molar-refractivity contribution in [2.75, 3.05) is 0 Å². The Morgan fingerprint density at radius 3 is 2.62 bits per heavy atom. The van der Waals surface area contributed by atoms with E-state index in [1.165, 1.54) is 6.20 Å². The fourth-order valence-electron chi connectivity index (χ4n) is 1.66. The van der Waals surface area contributed by atoms with Gasteiger partial charge in [0.1, 0.15) is 5.41 Å². The number of allylic oxidation sites excluding steroid dienone is 1. The van der Waals surface area contributed by atoms with Crippen molar-refractivity contribution in [1.29, 1.82) is 0 Å². The van der Waals surface area contributed by atoms with Gasteiger partial charge < -0.3 is 5.32 Å². The summed E-state index contributed by atoms with van der Waals surface area (Å²) in [5, 5.41) is 2.62. The van der Waals surface area contributed by atoms with Crippen LogP contribution in [0.25, 0.3) is 0 Å². The first-order chi connectivity index (χ1) is 6.02. The molecule has 0 aliphatic carbocycles. The molecule has 1 atom stereocenters. The average Bonchev–Trinajstić information content (AvgIpc) is 2.10. The van der Waals surface area contributed by atoms with Crippen LogP contribution in [-0.2, 0) is 9.59 Å². The normalized spacial score (nSPS) is 28.4. The molecule has 0 saturated carbocycles. The molecule has 0 bridgehead atoms. The second kappa shape index (κ2) is 3.32. The summed E-state index contributed by atoms with van der Waals surface area (Å²) >= 11 is 0. The zero-order valence-corrected chi connectivity index (χ0v) is 8.31. The molecule has 0 spiro atoms. The molecule has 0 aromatic heterocycles. The van der Waals surface area contributed by atoms with E-state index in [4.69, 9.17) is 0 Å². The Hall–Kier alpha value is -1.12. The third kappa shape index (κ3) is 1.50. The Balaban J connectivity index is 3.01. The van der Waals surface area contributed by atoms with E-state index < -0.39 is 5.41 Å². The monoisotopic (exact) mass is 181 g/mol. The van der Waals surface area contributed by atoms with Crippen LogP contribution in [0.1, 0.15) is 33.6 Å². The second-order valence-electron chi connectivity index (χ2n) is 3.71. The molecule has 1 aliphatic heterocycles. The molecule has 1 rings (SSSR count). The summed E-state index contributed by atoms with van der Waals surface area (Å²) in [6, 6.07) is 0. The number of Topliss-reactive ketones (excluding diaryl/α,β-unsaturated/α-hetero) is 1. The number of hydrogen-bond acceptors (Lipinski definition) is 2. The molecule has 0 radical (unpaired) electrons. The molecule has 0 fully saturated rings. The second-order valence-corrected chi connectivity index (χ2v) is 3.71. The Morgan fingerprint density at radius 1 is 1.46 bits per heavy atom. The van der Waals surface area contributed by atoms with E-state index in [0.717, 1.165) is 6.42 Å². The number of nitrogens with one attached hydrogen (secondary N) is 1. The van der Waals surface area contributed by atoms with Gasteiger partial charge in [-0.1, -0.05) is 13.3 Å². The number of carbonyl (C=O) groups excluding carboxylic acids is 2. The molecule has 3 heteroatoms. The summed E-state index contributed by atoms with van der Waals surface area (Å²) in [4.78, 5) is 23.2. The summed E-state index contributed by atoms with van der Waals surface area (Å²) in [5.41, 5.74) is -0.205. The van der Waals surface area contributed by atoms with Gasteiger partial charge in [0.2, 0.25) is 5.91 Å². The summed E-state index contributed by atoms with van der Waals surface area (Å²) < 4.78 is 0. The number of amides is 1. The minimum Gasteiger partial charge on any atom is -0.331 e. The summed E-state index contributed by atoms with van der Waals surface area (Å²) in [5.74, 6) is -0.219. The summed E-state index contributed by atoms with van der Waals surface area (Å²) in [6.07, 6.45) is 2.94. The molecule has 0 aromatic carbocycles. The highest BCUT2D eigenvalue weighted by Gasteiger charge is 2.42. The molecule has 0 saturated heterocycles. The van der Waals surface area contributed by atoms with Gasteiger partial charge in [-0.25, -0.2) is 0 Å². The lowest BCUT2D eigenvalue weighted by Gasteiger charge is -2.29. The van der Waals surface area contributed by atoms with E-state index in [1.807, 2.05) is 6.92 Å². The Bertz CT molecular complexity index is 281. The molecule has 3 nitrogen and oxygen atoms in total. The van der Waals surface area contributed by atoms with Gasteiger partial charge in [-0.15, -0.1) is 0 Å². The lowest BCUT2D eigenvalue weighted by molar-refractivity contribution is -0.140. The Morgan fingerprint density at radius 2 is 2.08 bits per heavy atom. The van der Waals surface area contributed by atoms with E-state index in [0.29, 0.717) is 12.0 Å². The van der Waals surface area contributed by atoms with Gasteiger partial charge in [0.25, 0.3) is 0 Å². The van der Waals surface area contributed by atoms with E-state index in [-0.39, 0.29) is 11.7 Å². The first-order valence-electron chi connectivity index (χ1n) is 4.55. The van der Waals surface area contributed by atoms with Gasteiger partial charge in [-0.2, -0.15) is 0 Å². The van der Waals surface area contributed by atoms with Crippen LogP contribution in [0.5, 0.6) is 0 Å². The van der Waals surface area contributed by atoms with Gasteiger partial charge in [0.15, 0.2) is 5.78 Å². The lowest BCUT2D eigenvalue weighted by Crippen LogP contribution is -2.46. The van der Waals surface area contributed by atoms with Crippen LogP contribution < -0.4 is 5.32 Å². The van der Waals surface area contributed by atoms with Crippen molar-refractivity contribution >= 4 is 11.7 Å². The van der Waals surface area contributed by atoms with Gasteiger partial charge in [0.05, 0.1) is 0 Å². The number of hydrogen-bond donors (Lipinski definition) is 1. The van der Waals surface area contributed by atoms with Crippen LogP contribution in [0.4, 0.5) is 0 Å². The highest BCUT2D eigenvalue weighted by molar-refractivity contribution is 6.15. The molecule has 1 aliphatic rings. The van der Waals surface area contributed by atoms with Crippen molar-refractivity contribution in [3.05, 3.63) is 11.8 Å². The van der Waals surface area contributed by atoms with E-state index in [9.17, 15) is 9.59 Å². The fourth-order valence-corrected chi connectivity index (χ4v) is 1.66. The van der Waals surface area contributed by atoms with Crippen molar-refractivity contribution < 1.29 is 9.59 Å². The summed E-state index contributed by atoms with van der Waals surface area (Å²) in [7, 11) is 0. The maximum Gasteiger partial charge on any atom is 0.237 e. The van der Waals surface area contributed by atoms with Crippen molar-refractivity contribution in [2.24, 2.45) is 5.41 Å². The molecule has 0 aromatic rings. The van der Waals surface area contributed by atoms with Crippen LogP contribution in [-0.4, -0.2) is 11.7 Å². The van der Waals surface area contributed by atoms with Crippen LogP contribution >= 0.6 is 0 Å². The van der Waals surface area contributed by atoms with E-state index in [1.54, 1.807) is 13.8 Å². The SMILES string of the molecule is CCCC1(C)C(=O)NC=C(C)C1=O. The Kier molecular flexibility index (Phi) is 2.55. The molecular weight excluding hydrogens is 166 g/mol. The lowest BCUT2D eigenvalue weighted by atomic mass is 9.76. The van der Waals surface area contributed by atoms with Gasteiger partial charge >= 0.3 is 0 Å². The number of carbonyl (C=O) groups is 2. The van der Waals surface area contributed by atoms with Crippen LogP contribution in [0.15, 0.2) is 11.8 Å². The first kappa shape index (κ1) is 9.96. The predicted octanol–water partition coefficient (Wildman–Crippen LogP) is 1.40. The highest BCUT2D eigenvalue weighted by Crippen LogP contribution is 2.30. The zero-order valence-electron chi connectivity index (χ0n) is 8.31. The van der Waals surface area contributed by atoms with Crippen LogP contribution in [0.2, 0.25) is 0 Å². The molecular formula is C10H15NO2. The van der Waals surface area contributed by atoms with Crippen molar-refractivity contribution in [2.45, 2.75) is 33.6 Å². The van der Waals surface area contributed by atoms with Crippen molar-refractivity contribution in [3.8, 4) is 0 Å². The molecule has 72 valence electrons. The quantitative estimate of drug-likeness (QED) is 0.654. The largest absolute Gasteiger partial charge is 0.331 e. The minimum absolute atomic E-state index is 0.0434. The third-order valence-corrected chi connectivity index (χ3v) is 2.53. The van der Waals surface area contributed by atoms with Gasteiger partial charge in [0, 0.05) is 11.8 Å². The van der Waals surface area contributed by atoms with Crippen molar-refractivity contribution in [1.82, 2.24) is 5.32 Å². The standard InChI is InChI=1S/C10H15NO2/c1-4-5-10(3)8(12)7(2)6-11-9(10)13/h6H,4-5H2,1-3H3,(H,11,13). The topological polar surface area (TPSA) is 46.2 Å². The summed E-state index contributed by atoms with van der Waals surface area (Å²) in [6.45, 7) is 5.42. The van der Waals surface area contributed by atoms with Gasteiger partial charge in [-0.3, -0.25) is 9.59 Å².